The Balaban J connectivity index is 1.67. The maximum atomic E-state index is 12.0. The van der Waals surface area contributed by atoms with E-state index in [-0.39, 0.29) is 29.3 Å². The van der Waals surface area contributed by atoms with Gasteiger partial charge in [0.05, 0.1) is 17.0 Å². The molecule has 0 bridgehead atoms. The maximum Gasteiger partial charge on any atom is 0.306 e. The molecule has 0 aliphatic heterocycles. The number of amides is 3. The largest absolute Gasteiger partial charge is 0.455 e. The molecule has 3 N–H and O–H groups in total. The van der Waals surface area contributed by atoms with Crippen LogP contribution >= 0.6 is 11.6 Å². The molecule has 30 heavy (non-hydrogen) atoms. The number of halogens is 1. The summed E-state index contributed by atoms with van der Waals surface area (Å²) < 4.78 is 4.80. The van der Waals surface area contributed by atoms with Gasteiger partial charge in [-0.15, -0.1) is 0 Å². The fourth-order valence-corrected chi connectivity index (χ4v) is 2.70. The summed E-state index contributed by atoms with van der Waals surface area (Å²) in [6.07, 6.45) is -0.271. The lowest BCUT2D eigenvalue weighted by Gasteiger charge is -2.10. The number of benzene rings is 2. The zero-order chi connectivity index (χ0) is 22.1. The van der Waals surface area contributed by atoms with Crippen molar-refractivity contribution in [2.75, 3.05) is 11.9 Å². The Labute approximate surface area is 178 Å². The van der Waals surface area contributed by atoms with E-state index in [9.17, 15) is 19.2 Å². The van der Waals surface area contributed by atoms with Gasteiger partial charge in [-0.05, 0) is 37.6 Å². The lowest BCUT2D eigenvalue weighted by atomic mass is 10.1. The summed E-state index contributed by atoms with van der Waals surface area (Å²) in [5.74, 6) is -2.39. The van der Waals surface area contributed by atoms with E-state index < -0.39 is 24.4 Å². The van der Waals surface area contributed by atoms with Gasteiger partial charge < -0.3 is 10.1 Å². The third-order valence-corrected chi connectivity index (χ3v) is 4.34. The second-order valence-electron chi connectivity index (χ2n) is 6.51. The number of nitrogens with one attached hydrogen (secondary N) is 3. The fraction of sp³-hybridized carbons (Fsp3) is 0.238. The average Bonchev–Trinajstić information content (AvgIpc) is 2.71. The minimum atomic E-state index is -0.733. The van der Waals surface area contributed by atoms with Crippen LogP contribution in [0.5, 0.6) is 0 Å². The molecule has 9 heteroatoms. The van der Waals surface area contributed by atoms with Gasteiger partial charge >= 0.3 is 5.97 Å². The molecule has 3 amide bonds. The molecule has 0 fully saturated rings. The van der Waals surface area contributed by atoms with Crippen LogP contribution in [0.25, 0.3) is 0 Å². The van der Waals surface area contributed by atoms with Gasteiger partial charge in [-0.1, -0.05) is 41.4 Å². The van der Waals surface area contributed by atoms with E-state index in [1.807, 2.05) is 26.0 Å². The topological polar surface area (TPSA) is 114 Å². The first-order valence-corrected chi connectivity index (χ1v) is 9.50. The molecular formula is C21H22ClN3O5. The number of hydrazine groups is 1. The second kappa shape index (κ2) is 11.0. The Morgan fingerprint density at radius 1 is 0.933 bits per heavy atom. The lowest BCUT2D eigenvalue weighted by molar-refractivity contribution is -0.149. The van der Waals surface area contributed by atoms with Crippen LogP contribution in [0.15, 0.2) is 42.5 Å². The maximum absolute atomic E-state index is 12.0. The average molecular weight is 432 g/mol. The van der Waals surface area contributed by atoms with Crippen molar-refractivity contribution >= 4 is 41.0 Å². The molecule has 0 saturated carbocycles. The molecule has 0 unspecified atom stereocenters. The van der Waals surface area contributed by atoms with Crippen molar-refractivity contribution in [3.8, 4) is 0 Å². The highest BCUT2D eigenvalue weighted by molar-refractivity contribution is 6.33. The minimum Gasteiger partial charge on any atom is -0.455 e. The first kappa shape index (κ1) is 22.9. The van der Waals surface area contributed by atoms with E-state index in [4.69, 9.17) is 16.3 Å². The van der Waals surface area contributed by atoms with E-state index in [0.717, 1.165) is 11.1 Å². The van der Waals surface area contributed by atoms with Gasteiger partial charge in [0, 0.05) is 12.1 Å². The van der Waals surface area contributed by atoms with Crippen LogP contribution in [0.1, 0.15) is 34.3 Å². The first-order valence-electron chi connectivity index (χ1n) is 9.12. The number of carbonyl (C=O) groups excluding carboxylic acids is 4. The van der Waals surface area contributed by atoms with Gasteiger partial charge in [0.15, 0.2) is 6.61 Å². The third-order valence-electron chi connectivity index (χ3n) is 4.01. The predicted octanol–water partition coefficient (Wildman–Crippen LogP) is 2.68. The SMILES string of the molecule is Cc1ccc(NC(=O)CCC(=O)OCC(=O)NNC(=O)c2ccccc2Cl)c(C)c1. The first-order chi connectivity index (χ1) is 14.3. The van der Waals surface area contributed by atoms with Gasteiger partial charge in [-0.3, -0.25) is 30.0 Å². The van der Waals surface area contributed by atoms with Crippen LogP contribution in [0.2, 0.25) is 5.02 Å². The number of ether oxygens (including phenoxy) is 1. The summed E-state index contributed by atoms with van der Waals surface area (Å²) in [6.45, 7) is 3.23. The quantitative estimate of drug-likeness (QED) is 0.460. The smallest absolute Gasteiger partial charge is 0.306 e. The Morgan fingerprint density at radius 3 is 2.37 bits per heavy atom. The van der Waals surface area contributed by atoms with Gasteiger partial charge in [-0.25, -0.2) is 0 Å². The van der Waals surface area contributed by atoms with Crippen LogP contribution in [0.3, 0.4) is 0 Å². The predicted molar refractivity (Wildman–Crippen MR) is 112 cm³/mol. The number of esters is 1. The number of rotatable bonds is 7. The lowest BCUT2D eigenvalue weighted by Crippen LogP contribution is -2.43. The zero-order valence-electron chi connectivity index (χ0n) is 16.6. The van der Waals surface area contributed by atoms with Crippen molar-refractivity contribution in [3.05, 3.63) is 64.2 Å². The van der Waals surface area contributed by atoms with E-state index in [0.29, 0.717) is 5.69 Å². The van der Waals surface area contributed by atoms with Crippen LogP contribution in [-0.4, -0.2) is 30.3 Å². The Kier molecular flexibility index (Phi) is 8.37. The Bertz CT molecular complexity index is 961. The van der Waals surface area contributed by atoms with Crippen LogP contribution in [-0.2, 0) is 19.1 Å². The summed E-state index contributed by atoms with van der Waals surface area (Å²) >= 11 is 5.89. The highest BCUT2D eigenvalue weighted by atomic mass is 35.5. The molecule has 2 aromatic carbocycles. The molecule has 2 rings (SSSR count). The number of anilines is 1. The Morgan fingerprint density at radius 2 is 1.67 bits per heavy atom. The molecule has 0 aliphatic rings. The van der Waals surface area contributed by atoms with E-state index in [2.05, 4.69) is 16.2 Å². The fourth-order valence-electron chi connectivity index (χ4n) is 2.48. The summed E-state index contributed by atoms with van der Waals surface area (Å²) in [6, 6.07) is 11.9. The highest BCUT2D eigenvalue weighted by Crippen LogP contribution is 2.16. The number of carbonyl (C=O) groups is 4. The summed E-state index contributed by atoms with van der Waals surface area (Å²) in [5.41, 5.74) is 7.15. The van der Waals surface area contributed by atoms with Crippen LogP contribution in [0, 0.1) is 13.8 Å². The highest BCUT2D eigenvalue weighted by Gasteiger charge is 2.13. The van der Waals surface area contributed by atoms with Crippen LogP contribution < -0.4 is 16.2 Å². The van der Waals surface area contributed by atoms with Crippen molar-refractivity contribution in [3.63, 3.8) is 0 Å². The van der Waals surface area contributed by atoms with Crippen molar-refractivity contribution in [2.45, 2.75) is 26.7 Å². The van der Waals surface area contributed by atoms with E-state index in [1.54, 1.807) is 18.2 Å². The zero-order valence-corrected chi connectivity index (χ0v) is 17.3. The standard InChI is InChI=1S/C21H22ClN3O5/c1-13-7-8-17(14(2)11-13)23-18(26)9-10-20(28)30-12-19(27)24-25-21(29)15-5-3-4-6-16(15)22/h3-8,11H,9-10,12H2,1-2H3,(H,23,26)(H,24,27)(H,25,29). The van der Waals surface area contributed by atoms with E-state index in [1.165, 1.54) is 12.1 Å². The normalized spacial score (nSPS) is 10.1. The molecule has 158 valence electrons. The summed E-state index contributed by atoms with van der Waals surface area (Å²) in [5, 5.41) is 2.96. The van der Waals surface area contributed by atoms with Gasteiger partial charge in [-0.2, -0.15) is 0 Å². The number of hydrogen-bond donors (Lipinski definition) is 3. The second-order valence-corrected chi connectivity index (χ2v) is 6.92. The molecule has 0 radical (unpaired) electrons. The van der Waals surface area contributed by atoms with Gasteiger partial charge in [0.2, 0.25) is 5.91 Å². The Hall–Kier alpha value is -3.39. The minimum absolute atomic E-state index is 0.0863. The van der Waals surface area contributed by atoms with Gasteiger partial charge in [0.25, 0.3) is 11.8 Å². The molecule has 0 aromatic heterocycles. The number of aryl methyl sites for hydroxylation is 2. The molecule has 0 atom stereocenters. The van der Waals surface area contributed by atoms with Crippen molar-refractivity contribution in [1.29, 1.82) is 0 Å². The third kappa shape index (κ3) is 7.21. The van der Waals surface area contributed by atoms with Crippen molar-refractivity contribution < 1.29 is 23.9 Å². The molecule has 0 saturated heterocycles. The summed E-state index contributed by atoms with van der Waals surface area (Å²) in [7, 11) is 0. The molecule has 8 nitrogen and oxygen atoms in total. The molecule has 0 aliphatic carbocycles. The van der Waals surface area contributed by atoms with Crippen molar-refractivity contribution in [2.24, 2.45) is 0 Å². The van der Waals surface area contributed by atoms with Crippen LogP contribution in [0.4, 0.5) is 5.69 Å². The van der Waals surface area contributed by atoms with Gasteiger partial charge in [0.1, 0.15) is 0 Å². The number of hydrogen-bond acceptors (Lipinski definition) is 5. The molecule has 0 heterocycles. The molecule has 2 aromatic rings. The molecule has 0 spiro atoms. The molecular weight excluding hydrogens is 410 g/mol. The van der Waals surface area contributed by atoms with Crippen molar-refractivity contribution in [1.82, 2.24) is 10.9 Å². The summed E-state index contributed by atoms with van der Waals surface area (Å²) in [4.78, 5) is 47.3. The van der Waals surface area contributed by atoms with E-state index >= 15 is 0 Å². The monoisotopic (exact) mass is 431 g/mol.